The monoisotopic (exact) mass is 819 g/mol. The Kier molecular flexibility index (Phi) is 8.80. The van der Waals surface area contributed by atoms with Crippen molar-refractivity contribution in [2.45, 2.75) is 19.3 Å². The number of rotatable bonds is 7. The highest BCUT2D eigenvalue weighted by molar-refractivity contribution is 6.13. The Bertz CT molecular complexity index is 3560. The Balaban J connectivity index is 1.01. The summed E-state index contributed by atoms with van der Waals surface area (Å²) < 4.78 is 6.63. The molecule has 1 aliphatic rings. The van der Waals surface area contributed by atoms with Gasteiger partial charge in [0.15, 0.2) is 17.5 Å². The van der Waals surface area contributed by atoms with E-state index in [0.717, 1.165) is 66.4 Å². The second-order valence-electron chi connectivity index (χ2n) is 17.2. The number of hydrogen-bond acceptors (Lipinski definition) is 4. The van der Waals surface area contributed by atoms with Crippen molar-refractivity contribution in [1.29, 1.82) is 0 Å². The van der Waals surface area contributed by atoms with Gasteiger partial charge in [-0.25, -0.2) is 15.0 Å². The van der Waals surface area contributed by atoms with Gasteiger partial charge in [-0.15, -0.1) is 0 Å². The lowest BCUT2D eigenvalue weighted by Gasteiger charge is -2.21. The van der Waals surface area contributed by atoms with Gasteiger partial charge < -0.3 is 4.42 Å². The third-order valence-electron chi connectivity index (χ3n) is 12.9. The summed E-state index contributed by atoms with van der Waals surface area (Å²) in [6.07, 6.45) is 0. The molecule has 12 rings (SSSR count). The Hall–Kier alpha value is -8.21. The lowest BCUT2D eigenvalue weighted by molar-refractivity contribution is 0.660. The first-order valence-corrected chi connectivity index (χ1v) is 21.8. The van der Waals surface area contributed by atoms with Crippen LogP contribution in [0.5, 0.6) is 0 Å². The quantitative estimate of drug-likeness (QED) is 0.161. The van der Waals surface area contributed by atoms with Crippen molar-refractivity contribution in [3.63, 3.8) is 0 Å². The zero-order valence-corrected chi connectivity index (χ0v) is 35.5. The third-order valence-corrected chi connectivity index (χ3v) is 12.9. The Morgan fingerprint density at radius 3 is 1.56 bits per heavy atom. The van der Waals surface area contributed by atoms with Gasteiger partial charge in [0.1, 0.15) is 11.2 Å². The molecule has 0 radical (unpaired) electrons. The van der Waals surface area contributed by atoms with E-state index in [1.54, 1.807) is 0 Å². The lowest BCUT2D eigenvalue weighted by atomic mass is 9.82. The van der Waals surface area contributed by atoms with E-state index in [0.29, 0.717) is 17.5 Å². The fourth-order valence-electron chi connectivity index (χ4n) is 9.73. The van der Waals surface area contributed by atoms with Gasteiger partial charge in [-0.1, -0.05) is 190 Å². The van der Waals surface area contributed by atoms with Crippen LogP contribution in [0.2, 0.25) is 0 Å². The zero-order valence-electron chi connectivity index (χ0n) is 35.5. The molecule has 0 unspecified atom stereocenters. The van der Waals surface area contributed by atoms with Gasteiger partial charge in [0.2, 0.25) is 0 Å². The minimum atomic E-state index is -0.119. The van der Waals surface area contributed by atoms with E-state index >= 15 is 0 Å². The van der Waals surface area contributed by atoms with Crippen molar-refractivity contribution in [2.75, 3.05) is 0 Å². The van der Waals surface area contributed by atoms with E-state index in [4.69, 9.17) is 19.4 Å². The normalized spacial score (nSPS) is 12.7. The molecule has 9 aromatic carbocycles. The van der Waals surface area contributed by atoms with E-state index in [1.165, 1.54) is 38.9 Å². The van der Waals surface area contributed by atoms with Crippen molar-refractivity contribution < 1.29 is 4.42 Å². The first-order chi connectivity index (χ1) is 31.5. The van der Waals surface area contributed by atoms with Crippen molar-refractivity contribution in [1.82, 2.24) is 15.0 Å². The highest BCUT2D eigenvalue weighted by Crippen LogP contribution is 2.52. The summed E-state index contributed by atoms with van der Waals surface area (Å²) in [5, 5.41) is 2.13. The van der Waals surface area contributed by atoms with Crippen LogP contribution in [-0.2, 0) is 5.41 Å². The van der Waals surface area contributed by atoms with Gasteiger partial charge >= 0.3 is 0 Å². The molecular formula is C60H41N3O. The van der Waals surface area contributed by atoms with Crippen LogP contribution in [0.15, 0.2) is 217 Å². The molecule has 0 amide bonds. The highest BCUT2D eigenvalue weighted by Gasteiger charge is 2.36. The van der Waals surface area contributed by atoms with Gasteiger partial charge in [0, 0.05) is 32.9 Å². The van der Waals surface area contributed by atoms with E-state index in [2.05, 4.69) is 196 Å². The average Bonchev–Trinajstić information content (AvgIpc) is 3.86. The van der Waals surface area contributed by atoms with Gasteiger partial charge in [0.25, 0.3) is 0 Å². The zero-order chi connectivity index (χ0) is 42.8. The molecule has 0 saturated carbocycles. The summed E-state index contributed by atoms with van der Waals surface area (Å²) in [5.74, 6) is 1.78. The van der Waals surface area contributed by atoms with Gasteiger partial charge in [-0.2, -0.15) is 0 Å². The second-order valence-corrected chi connectivity index (χ2v) is 17.2. The summed E-state index contributed by atoms with van der Waals surface area (Å²) in [5.41, 5.74) is 18.6. The summed E-state index contributed by atoms with van der Waals surface area (Å²) in [6.45, 7) is 4.66. The average molecular weight is 820 g/mol. The minimum absolute atomic E-state index is 0.119. The van der Waals surface area contributed by atoms with Crippen LogP contribution in [0, 0.1) is 0 Å². The Morgan fingerprint density at radius 1 is 0.328 bits per heavy atom. The van der Waals surface area contributed by atoms with E-state index in [9.17, 15) is 0 Å². The van der Waals surface area contributed by atoms with Crippen LogP contribution in [-0.4, -0.2) is 15.0 Å². The molecule has 4 heteroatoms. The fourth-order valence-corrected chi connectivity index (χ4v) is 9.73. The smallest absolute Gasteiger partial charge is 0.164 e. The van der Waals surface area contributed by atoms with E-state index in [-0.39, 0.29) is 5.41 Å². The molecule has 302 valence electrons. The molecule has 0 N–H and O–H groups in total. The summed E-state index contributed by atoms with van der Waals surface area (Å²) >= 11 is 0. The van der Waals surface area contributed by atoms with Crippen LogP contribution in [0.1, 0.15) is 25.0 Å². The Labute approximate surface area is 372 Å². The largest absolute Gasteiger partial charge is 0.456 e. The first kappa shape index (κ1) is 37.5. The van der Waals surface area contributed by atoms with Crippen LogP contribution in [0.4, 0.5) is 0 Å². The second kappa shape index (κ2) is 15.0. The first-order valence-electron chi connectivity index (χ1n) is 21.8. The van der Waals surface area contributed by atoms with Crippen LogP contribution in [0.3, 0.4) is 0 Å². The van der Waals surface area contributed by atoms with Gasteiger partial charge in [-0.05, 0) is 103 Å². The molecular weight excluding hydrogens is 779 g/mol. The van der Waals surface area contributed by atoms with Crippen molar-refractivity contribution in [2.24, 2.45) is 0 Å². The molecule has 0 bridgehead atoms. The Morgan fingerprint density at radius 2 is 0.828 bits per heavy atom. The predicted octanol–water partition coefficient (Wildman–Crippen LogP) is 15.7. The molecule has 1 aliphatic carbocycles. The number of hydrogen-bond donors (Lipinski definition) is 0. The number of aromatic nitrogens is 3. The standard InChI is InChI=1S/C60H41N3O/c1-60(2)51-25-13-12-22-49(51)55-48(23-14-26-52(55)60)45-34-44(39-18-8-4-9-19-39)35-46(36-45)59-62-57(42-20-10-5-11-21-42)61-58(63-59)43-32-33-50-54(37-43)64-53-27-15-24-47(56(50)53)41-30-28-40(29-31-41)38-16-6-3-7-17-38/h3-37H,1-2H3. The fraction of sp³-hybridized carbons (Fsp3) is 0.0500. The van der Waals surface area contributed by atoms with Crippen molar-refractivity contribution >= 4 is 21.9 Å². The van der Waals surface area contributed by atoms with Crippen LogP contribution >= 0.6 is 0 Å². The third kappa shape index (κ3) is 6.34. The summed E-state index contributed by atoms with van der Waals surface area (Å²) in [7, 11) is 0. The number of furan rings is 1. The summed E-state index contributed by atoms with van der Waals surface area (Å²) in [4.78, 5) is 15.7. The molecule has 0 spiro atoms. The summed E-state index contributed by atoms with van der Waals surface area (Å²) in [6, 6.07) is 75.0. The maximum Gasteiger partial charge on any atom is 0.164 e. The van der Waals surface area contributed by atoms with E-state index < -0.39 is 0 Å². The molecule has 2 heterocycles. The van der Waals surface area contributed by atoms with E-state index in [1.807, 2.05) is 30.3 Å². The van der Waals surface area contributed by atoms with Crippen LogP contribution < -0.4 is 0 Å². The predicted molar refractivity (Wildman–Crippen MR) is 263 cm³/mol. The molecule has 11 aromatic rings. The number of fused-ring (bicyclic) bond motifs is 6. The molecule has 0 atom stereocenters. The van der Waals surface area contributed by atoms with Crippen molar-refractivity contribution in [3.8, 4) is 89.8 Å². The maximum atomic E-state index is 6.63. The molecule has 2 aromatic heterocycles. The topological polar surface area (TPSA) is 51.8 Å². The van der Waals surface area contributed by atoms with Gasteiger partial charge in [-0.3, -0.25) is 0 Å². The maximum absolute atomic E-state index is 6.63. The molecule has 4 nitrogen and oxygen atoms in total. The van der Waals surface area contributed by atoms with Crippen LogP contribution in [0.25, 0.3) is 112 Å². The SMILES string of the molecule is CC1(C)c2ccccc2-c2c(-c3cc(-c4ccccc4)cc(-c4nc(-c5ccccc5)nc(-c5ccc6c(c5)oc5cccc(-c7ccc(-c8ccccc8)cc7)c56)n4)c3)cccc21. The molecule has 0 aliphatic heterocycles. The number of benzene rings is 9. The molecule has 0 saturated heterocycles. The minimum Gasteiger partial charge on any atom is -0.456 e. The highest BCUT2D eigenvalue weighted by atomic mass is 16.3. The molecule has 0 fully saturated rings. The molecule has 64 heavy (non-hydrogen) atoms. The van der Waals surface area contributed by atoms with Crippen molar-refractivity contribution in [3.05, 3.63) is 223 Å². The lowest BCUT2D eigenvalue weighted by Crippen LogP contribution is -2.14. The number of nitrogens with zero attached hydrogens (tertiary/aromatic N) is 3. The van der Waals surface area contributed by atoms with Gasteiger partial charge in [0.05, 0.1) is 0 Å².